The monoisotopic (exact) mass is 254 g/mol. The van der Waals surface area contributed by atoms with Gasteiger partial charge in [-0.15, -0.1) is 5.10 Å². The second-order valence-corrected chi connectivity index (χ2v) is 2.95. The number of hydrogen-bond donors (Lipinski definition) is 4. The second kappa shape index (κ2) is 6.24. The molecular weight excluding hydrogens is 244 g/mol. The van der Waals surface area contributed by atoms with Crippen LogP contribution in [-0.2, 0) is 0 Å². The first-order chi connectivity index (χ1) is 8.50. The molecule has 0 fully saturated rings. The van der Waals surface area contributed by atoms with Crippen molar-refractivity contribution in [1.82, 2.24) is 10.8 Å². The SMILES string of the molecule is NC(=NN=Cc1ccccc1[N+](=O)[O-])NN(O)O. The fourth-order valence-corrected chi connectivity index (χ4v) is 1.04. The van der Waals surface area contributed by atoms with Crippen molar-refractivity contribution in [2.45, 2.75) is 0 Å². The van der Waals surface area contributed by atoms with E-state index in [-0.39, 0.29) is 11.3 Å². The van der Waals surface area contributed by atoms with Crippen molar-refractivity contribution in [3.05, 3.63) is 39.9 Å². The molecule has 1 aromatic rings. The van der Waals surface area contributed by atoms with Crippen LogP contribution in [0.5, 0.6) is 0 Å². The molecule has 1 aromatic carbocycles. The van der Waals surface area contributed by atoms with E-state index >= 15 is 0 Å². The number of rotatable bonds is 4. The van der Waals surface area contributed by atoms with E-state index in [2.05, 4.69) is 10.2 Å². The molecule has 0 aliphatic carbocycles. The molecule has 1 rings (SSSR count). The van der Waals surface area contributed by atoms with Crippen molar-refractivity contribution < 1.29 is 15.3 Å². The lowest BCUT2D eigenvalue weighted by Gasteiger charge is -2.05. The van der Waals surface area contributed by atoms with Crippen molar-refractivity contribution in [2.75, 3.05) is 0 Å². The Morgan fingerprint density at radius 1 is 1.50 bits per heavy atom. The summed E-state index contributed by atoms with van der Waals surface area (Å²) in [5.41, 5.74) is 7.07. The number of guanidine groups is 1. The third kappa shape index (κ3) is 4.13. The summed E-state index contributed by atoms with van der Waals surface area (Å²) in [6.45, 7) is 0. The van der Waals surface area contributed by atoms with Crippen LogP contribution in [0.2, 0.25) is 0 Å². The summed E-state index contributed by atoms with van der Waals surface area (Å²) in [7, 11) is 0. The zero-order valence-electron chi connectivity index (χ0n) is 8.96. The Balaban J connectivity index is 2.82. The molecule has 0 bridgehead atoms. The van der Waals surface area contributed by atoms with Crippen molar-refractivity contribution in [3.63, 3.8) is 0 Å². The maximum atomic E-state index is 10.7. The number of benzene rings is 1. The molecule has 0 saturated carbocycles. The summed E-state index contributed by atoms with van der Waals surface area (Å²) >= 11 is 0. The first kappa shape index (κ1) is 13.5. The molecule has 0 aliphatic heterocycles. The van der Waals surface area contributed by atoms with Gasteiger partial charge in [0, 0.05) is 11.4 Å². The topological polar surface area (TPSA) is 150 Å². The van der Waals surface area contributed by atoms with Crippen LogP contribution >= 0.6 is 0 Å². The molecule has 10 heteroatoms. The van der Waals surface area contributed by atoms with Gasteiger partial charge in [0.15, 0.2) is 0 Å². The molecule has 0 aromatic heterocycles. The third-order valence-electron chi connectivity index (χ3n) is 1.71. The Labute approximate surface area is 101 Å². The van der Waals surface area contributed by atoms with E-state index in [1.54, 1.807) is 11.5 Å². The first-order valence-electron chi connectivity index (χ1n) is 4.55. The Morgan fingerprint density at radius 2 is 2.17 bits per heavy atom. The van der Waals surface area contributed by atoms with Crippen LogP contribution in [0.4, 0.5) is 5.69 Å². The van der Waals surface area contributed by atoms with Crippen LogP contribution in [0, 0.1) is 10.1 Å². The molecule has 0 spiro atoms. The molecule has 0 radical (unpaired) electrons. The minimum absolute atomic E-state index is 0.131. The number of para-hydroxylation sites is 1. The summed E-state index contributed by atoms with van der Waals surface area (Å²) in [6, 6.07) is 5.91. The van der Waals surface area contributed by atoms with E-state index < -0.39 is 16.2 Å². The minimum Gasteiger partial charge on any atom is -0.367 e. The molecule has 0 atom stereocenters. The van der Waals surface area contributed by atoms with Gasteiger partial charge in [0.05, 0.1) is 16.7 Å². The Hall–Kier alpha value is -2.56. The average Bonchev–Trinajstić information content (AvgIpc) is 2.28. The van der Waals surface area contributed by atoms with E-state index in [0.29, 0.717) is 0 Å². The van der Waals surface area contributed by atoms with Gasteiger partial charge < -0.3 is 5.73 Å². The number of nitro benzene ring substituents is 1. The fourth-order valence-electron chi connectivity index (χ4n) is 1.04. The summed E-state index contributed by atoms with van der Waals surface area (Å²) in [5, 5.41) is 33.7. The summed E-state index contributed by atoms with van der Waals surface area (Å²) < 4.78 is 0. The van der Waals surface area contributed by atoms with Gasteiger partial charge in [0.2, 0.25) is 5.96 Å². The van der Waals surface area contributed by atoms with Crippen molar-refractivity contribution in [3.8, 4) is 0 Å². The average molecular weight is 254 g/mol. The molecular formula is C8H10N6O4. The molecule has 5 N–H and O–H groups in total. The fraction of sp³-hybridized carbons (Fsp3) is 0. The standard InChI is InChI=1S/C8H10N6O4/c9-8(12-14(17)18)11-10-5-6-3-1-2-4-7(6)13(15)16/h1-5,17-18H,(H3,9,11,12). The number of hydrazine groups is 1. The molecule has 0 saturated heterocycles. The smallest absolute Gasteiger partial charge is 0.278 e. The highest BCUT2D eigenvalue weighted by atomic mass is 16.8. The highest BCUT2D eigenvalue weighted by Gasteiger charge is 2.09. The Bertz CT molecular complexity index is 486. The number of nitrogens with one attached hydrogen (secondary N) is 1. The van der Waals surface area contributed by atoms with Gasteiger partial charge in [-0.25, -0.2) is 5.43 Å². The predicted molar refractivity (Wildman–Crippen MR) is 60.9 cm³/mol. The number of nitro groups is 1. The van der Waals surface area contributed by atoms with Crippen molar-refractivity contribution >= 4 is 17.9 Å². The van der Waals surface area contributed by atoms with E-state index in [0.717, 1.165) is 6.21 Å². The normalized spacial score (nSPS) is 12.1. The molecule has 96 valence electrons. The molecule has 0 heterocycles. The lowest BCUT2D eigenvalue weighted by molar-refractivity contribution is -0.385. The van der Waals surface area contributed by atoms with E-state index in [4.69, 9.17) is 16.1 Å². The van der Waals surface area contributed by atoms with Gasteiger partial charge in [-0.05, 0) is 6.07 Å². The first-order valence-corrected chi connectivity index (χ1v) is 4.55. The molecule has 0 amide bonds. The van der Waals surface area contributed by atoms with Crippen molar-refractivity contribution in [1.29, 1.82) is 0 Å². The number of hydrogen-bond acceptors (Lipinski definition) is 7. The van der Waals surface area contributed by atoms with Gasteiger partial charge in [0.1, 0.15) is 0 Å². The van der Waals surface area contributed by atoms with Crippen molar-refractivity contribution in [2.24, 2.45) is 15.9 Å². The lowest BCUT2D eigenvalue weighted by Crippen LogP contribution is -2.41. The zero-order valence-corrected chi connectivity index (χ0v) is 8.96. The zero-order chi connectivity index (χ0) is 13.5. The third-order valence-corrected chi connectivity index (χ3v) is 1.71. The molecule has 18 heavy (non-hydrogen) atoms. The van der Waals surface area contributed by atoms with Crippen LogP contribution in [0.1, 0.15) is 5.56 Å². The maximum absolute atomic E-state index is 10.7. The van der Waals surface area contributed by atoms with E-state index in [9.17, 15) is 10.1 Å². The minimum atomic E-state index is -0.560. The largest absolute Gasteiger partial charge is 0.367 e. The summed E-state index contributed by atoms with van der Waals surface area (Å²) in [5.74, 6) is -0.408. The lowest BCUT2D eigenvalue weighted by atomic mass is 10.2. The van der Waals surface area contributed by atoms with Crippen LogP contribution in [-0.4, -0.2) is 32.8 Å². The highest BCUT2D eigenvalue weighted by Crippen LogP contribution is 2.15. The maximum Gasteiger partial charge on any atom is 0.278 e. The Kier molecular flexibility index (Phi) is 4.68. The Morgan fingerprint density at radius 3 is 2.78 bits per heavy atom. The second-order valence-electron chi connectivity index (χ2n) is 2.95. The van der Waals surface area contributed by atoms with Crippen LogP contribution in [0.15, 0.2) is 34.5 Å². The predicted octanol–water partition coefficient (Wildman–Crippen LogP) is -0.172. The van der Waals surface area contributed by atoms with Gasteiger partial charge in [0.25, 0.3) is 5.69 Å². The van der Waals surface area contributed by atoms with E-state index in [1.807, 2.05) is 0 Å². The van der Waals surface area contributed by atoms with Crippen LogP contribution in [0.25, 0.3) is 0 Å². The van der Waals surface area contributed by atoms with Gasteiger partial charge >= 0.3 is 0 Å². The van der Waals surface area contributed by atoms with Gasteiger partial charge in [-0.3, -0.25) is 20.5 Å². The van der Waals surface area contributed by atoms with Crippen LogP contribution < -0.4 is 11.2 Å². The molecule has 10 nitrogen and oxygen atoms in total. The van der Waals surface area contributed by atoms with Gasteiger partial charge in [-0.2, -0.15) is 5.10 Å². The number of nitrogens with zero attached hydrogens (tertiary/aromatic N) is 4. The number of nitrogens with two attached hydrogens (primary N) is 1. The molecule has 0 aliphatic rings. The van der Waals surface area contributed by atoms with Crippen LogP contribution in [0.3, 0.4) is 0 Å². The van der Waals surface area contributed by atoms with E-state index in [1.165, 1.54) is 18.2 Å². The molecule has 0 unspecified atom stereocenters. The highest BCUT2D eigenvalue weighted by molar-refractivity contribution is 5.86. The summed E-state index contributed by atoms with van der Waals surface area (Å²) in [6.07, 6.45) is 1.12. The van der Waals surface area contributed by atoms with Gasteiger partial charge in [-0.1, -0.05) is 12.1 Å². The quantitative estimate of drug-likeness (QED) is 0.252. The summed E-state index contributed by atoms with van der Waals surface area (Å²) in [4.78, 5) is 10.1.